The van der Waals surface area contributed by atoms with E-state index in [1.54, 1.807) is 12.8 Å². The highest BCUT2D eigenvalue weighted by atomic mass is 28.5. The Balaban J connectivity index is -0.00000180. The summed E-state index contributed by atoms with van der Waals surface area (Å²) in [5, 5.41) is 0. The van der Waals surface area contributed by atoms with Crippen LogP contribution >= 0.6 is 0 Å². The number of rotatable bonds is 11. The molecule has 22 heavy (non-hydrogen) atoms. The van der Waals surface area contributed by atoms with E-state index in [2.05, 4.69) is 19.7 Å². The molecular formula is C13H32O6Si3. The van der Waals surface area contributed by atoms with Gasteiger partial charge in [-0.25, -0.2) is 0 Å². The van der Waals surface area contributed by atoms with E-state index in [1.165, 1.54) is 32.7 Å². The summed E-state index contributed by atoms with van der Waals surface area (Å²) in [6, 6.07) is 0. The molecule has 0 aromatic heterocycles. The van der Waals surface area contributed by atoms with Crippen LogP contribution in [0.1, 0.15) is 14.9 Å². The minimum atomic E-state index is -3.25. The second kappa shape index (κ2) is 11.2. The van der Waals surface area contributed by atoms with Gasteiger partial charge in [-0.3, -0.25) is 0 Å². The van der Waals surface area contributed by atoms with Gasteiger partial charge >= 0.3 is 26.2 Å². The second-order valence-electron chi connectivity index (χ2n) is 3.86. The first-order valence-electron chi connectivity index (χ1n) is 5.86. The minimum Gasteiger partial charge on any atom is -0.395 e. The molecule has 0 aliphatic heterocycles. The van der Waals surface area contributed by atoms with Gasteiger partial charge in [-0.15, -0.1) is 6.58 Å². The molecule has 0 aliphatic rings. The quantitative estimate of drug-likeness (QED) is 0.523. The third-order valence-electron chi connectivity index (χ3n) is 2.76. The van der Waals surface area contributed by atoms with Gasteiger partial charge in [0, 0.05) is 28.4 Å². The molecule has 0 amide bonds. The second-order valence-corrected chi connectivity index (χ2v) is 12.8. The van der Waals surface area contributed by atoms with Crippen LogP contribution in [0.2, 0.25) is 6.55 Å². The molecule has 132 valence electrons. The Labute approximate surface area is 139 Å². The average molecular weight is 369 g/mol. The lowest BCUT2D eigenvalue weighted by Crippen LogP contribution is -2.60. The average Bonchev–Trinajstić information content (AvgIpc) is 2.51. The summed E-state index contributed by atoms with van der Waals surface area (Å²) in [6.07, 6.45) is 0. The molecule has 0 saturated heterocycles. The lowest BCUT2D eigenvalue weighted by Gasteiger charge is -2.36. The van der Waals surface area contributed by atoms with Gasteiger partial charge in [-0.2, -0.15) is 0 Å². The van der Waals surface area contributed by atoms with Crippen LogP contribution in [0.25, 0.3) is 0 Å². The van der Waals surface area contributed by atoms with Crippen molar-refractivity contribution in [3.63, 3.8) is 0 Å². The van der Waals surface area contributed by atoms with Gasteiger partial charge in [0.15, 0.2) is 0 Å². The van der Waals surface area contributed by atoms with Crippen molar-refractivity contribution in [1.29, 1.82) is 0 Å². The maximum Gasteiger partial charge on any atom is 0.521 e. The Kier molecular flexibility index (Phi) is 13.5. The van der Waals surface area contributed by atoms with E-state index in [0.29, 0.717) is 0 Å². The first-order valence-corrected chi connectivity index (χ1v) is 11.9. The van der Waals surface area contributed by atoms with E-state index in [1.807, 2.05) is 6.55 Å². The van der Waals surface area contributed by atoms with Gasteiger partial charge < -0.3 is 25.9 Å². The molecular weight excluding hydrogens is 336 g/mol. The largest absolute Gasteiger partial charge is 0.521 e. The van der Waals surface area contributed by atoms with E-state index in [4.69, 9.17) is 25.9 Å². The fourth-order valence-electron chi connectivity index (χ4n) is 1.29. The summed E-state index contributed by atoms with van der Waals surface area (Å²) in [4.78, 5) is 0. The molecule has 0 heterocycles. The Morgan fingerprint density at radius 1 is 0.636 bits per heavy atom. The molecule has 0 N–H and O–H groups in total. The van der Waals surface area contributed by atoms with Crippen LogP contribution in [0.3, 0.4) is 0 Å². The van der Waals surface area contributed by atoms with Gasteiger partial charge in [-0.1, -0.05) is 33.7 Å². The molecule has 6 nitrogen and oxygen atoms in total. The zero-order valence-electron chi connectivity index (χ0n) is 12.8. The normalized spacial score (nSPS) is 16.2. The first kappa shape index (κ1) is 26.5. The Morgan fingerprint density at radius 2 is 1.05 bits per heavy atom. The van der Waals surface area contributed by atoms with E-state index in [-0.39, 0.29) is 14.9 Å². The summed E-state index contributed by atoms with van der Waals surface area (Å²) in [5.41, 5.74) is 4.64. The number of hydrogen-bond donors (Lipinski definition) is 0. The van der Waals surface area contributed by atoms with Crippen molar-refractivity contribution in [2.24, 2.45) is 0 Å². The van der Waals surface area contributed by atoms with Crippen molar-refractivity contribution in [1.82, 2.24) is 0 Å². The molecule has 0 saturated carbocycles. The molecule has 2 atom stereocenters. The maximum atomic E-state index is 5.99. The molecule has 0 radical (unpaired) electrons. The molecule has 2 unspecified atom stereocenters. The van der Waals surface area contributed by atoms with Gasteiger partial charge in [-0.05, 0) is 17.9 Å². The standard InChI is InChI=1S/C11H24O6Si3.2CH4/c1-9-18(8,12-4)16-20(11-3,15-7)17-19(10-2,13-5)14-6;;/h9-11H,1-3H2,4-8H3;2*1H4. The molecule has 0 fully saturated rings. The van der Waals surface area contributed by atoms with Gasteiger partial charge in [0.05, 0.1) is 0 Å². The Bertz CT molecular complexity index is 351. The van der Waals surface area contributed by atoms with Crippen molar-refractivity contribution < 1.29 is 25.9 Å². The van der Waals surface area contributed by atoms with Crippen molar-refractivity contribution in [3.05, 3.63) is 36.8 Å². The third-order valence-corrected chi connectivity index (χ3v) is 12.1. The van der Waals surface area contributed by atoms with Crippen LogP contribution in [0.5, 0.6) is 0 Å². The monoisotopic (exact) mass is 368 g/mol. The molecule has 0 bridgehead atoms. The number of hydrogen-bond acceptors (Lipinski definition) is 6. The summed E-state index contributed by atoms with van der Waals surface area (Å²) in [5.74, 6) is 0. The highest BCUT2D eigenvalue weighted by Gasteiger charge is 2.53. The smallest absolute Gasteiger partial charge is 0.395 e. The summed E-state index contributed by atoms with van der Waals surface area (Å²) >= 11 is 0. The summed E-state index contributed by atoms with van der Waals surface area (Å²) in [6.45, 7) is 13.0. The highest BCUT2D eigenvalue weighted by molar-refractivity contribution is 6.87. The van der Waals surface area contributed by atoms with Crippen molar-refractivity contribution in [2.45, 2.75) is 21.4 Å². The van der Waals surface area contributed by atoms with Crippen LogP contribution in [-0.2, 0) is 25.9 Å². The van der Waals surface area contributed by atoms with Crippen LogP contribution < -0.4 is 0 Å². The lowest BCUT2D eigenvalue weighted by atomic mass is 11.3. The molecule has 0 aliphatic carbocycles. The van der Waals surface area contributed by atoms with Crippen molar-refractivity contribution in [2.75, 3.05) is 28.4 Å². The van der Waals surface area contributed by atoms with Gasteiger partial charge in [0.2, 0.25) is 0 Å². The zero-order valence-corrected chi connectivity index (χ0v) is 15.8. The predicted octanol–water partition coefficient (Wildman–Crippen LogP) is 3.00. The third kappa shape index (κ3) is 6.40. The molecule has 0 aromatic carbocycles. The predicted molar refractivity (Wildman–Crippen MR) is 97.4 cm³/mol. The lowest BCUT2D eigenvalue weighted by molar-refractivity contribution is 0.114. The maximum absolute atomic E-state index is 5.99. The molecule has 9 heteroatoms. The summed E-state index contributed by atoms with van der Waals surface area (Å²) in [7, 11) is -2.97. The van der Waals surface area contributed by atoms with Gasteiger partial charge in [0.1, 0.15) is 0 Å². The fraction of sp³-hybridized carbons (Fsp3) is 0.538. The van der Waals surface area contributed by atoms with Crippen LogP contribution in [0.4, 0.5) is 0 Å². The topological polar surface area (TPSA) is 55.4 Å². The Hall–Kier alpha value is -0.369. The van der Waals surface area contributed by atoms with Crippen LogP contribution in [0.15, 0.2) is 36.8 Å². The van der Waals surface area contributed by atoms with E-state index in [0.717, 1.165) is 0 Å². The fourth-order valence-corrected chi connectivity index (χ4v) is 9.51. The van der Waals surface area contributed by atoms with Crippen LogP contribution in [-0.4, -0.2) is 54.6 Å². The van der Waals surface area contributed by atoms with E-state index in [9.17, 15) is 0 Å². The summed E-state index contributed by atoms with van der Waals surface area (Å²) < 4.78 is 33.4. The van der Waals surface area contributed by atoms with Crippen molar-refractivity contribution >= 4 is 26.2 Å². The van der Waals surface area contributed by atoms with E-state index < -0.39 is 26.2 Å². The first-order chi connectivity index (χ1) is 9.34. The minimum absolute atomic E-state index is 0. The SMILES string of the molecule is C.C.C=C[Si](C)(OC)O[Si](C=C)(OC)O[Si](C=C)(OC)OC. The van der Waals surface area contributed by atoms with Crippen molar-refractivity contribution in [3.8, 4) is 0 Å². The highest BCUT2D eigenvalue weighted by Crippen LogP contribution is 2.24. The zero-order chi connectivity index (χ0) is 15.9. The Morgan fingerprint density at radius 3 is 1.27 bits per heavy atom. The molecule has 0 aromatic rings. The van der Waals surface area contributed by atoms with E-state index >= 15 is 0 Å². The van der Waals surface area contributed by atoms with Gasteiger partial charge in [0.25, 0.3) is 0 Å². The van der Waals surface area contributed by atoms with Crippen LogP contribution in [0, 0.1) is 0 Å². The molecule has 0 spiro atoms. The molecule has 0 rings (SSSR count).